The first-order valence-corrected chi connectivity index (χ1v) is 4.84. The van der Waals surface area contributed by atoms with E-state index in [-0.39, 0.29) is 6.04 Å². The molecule has 0 amide bonds. The van der Waals surface area contributed by atoms with Gasteiger partial charge in [0, 0.05) is 24.8 Å². The summed E-state index contributed by atoms with van der Waals surface area (Å²) in [6.45, 7) is 3.12. The van der Waals surface area contributed by atoms with Gasteiger partial charge in [-0.3, -0.25) is 5.43 Å². The van der Waals surface area contributed by atoms with Gasteiger partial charge in [-0.1, -0.05) is 0 Å². The molecule has 0 saturated carbocycles. The van der Waals surface area contributed by atoms with Gasteiger partial charge in [-0.2, -0.15) is 5.26 Å². The van der Waals surface area contributed by atoms with Crippen LogP contribution in [0.15, 0.2) is 0 Å². The van der Waals surface area contributed by atoms with Crippen molar-refractivity contribution in [3.63, 3.8) is 0 Å². The Kier molecular flexibility index (Phi) is 7.62. The highest BCUT2D eigenvalue weighted by Gasteiger charge is 2.10. The van der Waals surface area contributed by atoms with E-state index in [1.165, 1.54) is 0 Å². The largest absolute Gasteiger partial charge is 0.253 e. The molecule has 1 unspecified atom stereocenters. The van der Waals surface area contributed by atoms with E-state index >= 15 is 0 Å². The summed E-state index contributed by atoms with van der Waals surface area (Å²) in [5.41, 5.74) is 3.02. The van der Waals surface area contributed by atoms with Crippen molar-refractivity contribution in [2.24, 2.45) is 0 Å². The third-order valence-corrected chi connectivity index (χ3v) is 1.75. The molecular weight excluding hydrogens is 197 g/mol. The third-order valence-electron chi connectivity index (χ3n) is 1.39. The lowest BCUT2D eigenvalue weighted by molar-refractivity contribution is 0.179. The van der Waals surface area contributed by atoms with Gasteiger partial charge in [-0.25, -0.2) is 5.01 Å². The van der Waals surface area contributed by atoms with E-state index in [4.69, 9.17) is 28.5 Å². The van der Waals surface area contributed by atoms with Crippen molar-refractivity contribution in [1.82, 2.24) is 10.4 Å². The number of alkyl halides is 2. The van der Waals surface area contributed by atoms with Crippen LogP contribution in [-0.4, -0.2) is 35.9 Å². The molecule has 0 heterocycles. The monoisotopic (exact) mass is 209 g/mol. The Morgan fingerprint density at radius 1 is 1.50 bits per heavy atom. The molecule has 0 aromatic heterocycles. The third kappa shape index (κ3) is 4.78. The van der Waals surface area contributed by atoms with Crippen LogP contribution in [-0.2, 0) is 0 Å². The van der Waals surface area contributed by atoms with E-state index in [9.17, 15) is 0 Å². The Bertz CT molecular complexity index is 146. The lowest BCUT2D eigenvalue weighted by Gasteiger charge is -2.23. The van der Waals surface area contributed by atoms with Gasteiger partial charge in [0.1, 0.15) is 6.04 Å². The maximum absolute atomic E-state index is 8.62. The van der Waals surface area contributed by atoms with Gasteiger partial charge in [-0.15, -0.1) is 23.2 Å². The quantitative estimate of drug-likeness (QED) is 0.528. The first-order valence-electron chi connectivity index (χ1n) is 3.78. The first kappa shape index (κ1) is 12.0. The fourth-order valence-electron chi connectivity index (χ4n) is 0.756. The molecule has 0 saturated heterocycles. The Hall–Kier alpha value is -0.0100. The molecule has 0 bridgehead atoms. The topological polar surface area (TPSA) is 39.1 Å². The maximum atomic E-state index is 8.62. The van der Waals surface area contributed by atoms with Crippen LogP contribution in [0.4, 0.5) is 0 Å². The minimum absolute atomic E-state index is 0.174. The number of nitriles is 1. The SMILES string of the molecule is CC(C#N)N(CCCl)NCCCl. The second-order valence-electron chi connectivity index (χ2n) is 2.28. The zero-order valence-electron chi connectivity index (χ0n) is 7.06. The van der Waals surface area contributed by atoms with E-state index in [2.05, 4.69) is 11.5 Å². The molecule has 0 aromatic rings. The molecule has 1 atom stereocenters. The van der Waals surface area contributed by atoms with Gasteiger partial charge in [0.05, 0.1) is 6.07 Å². The van der Waals surface area contributed by atoms with Crippen LogP contribution in [0.25, 0.3) is 0 Å². The average molecular weight is 210 g/mol. The summed E-state index contributed by atoms with van der Waals surface area (Å²) in [5, 5.41) is 10.4. The summed E-state index contributed by atoms with van der Waals surface area (Å²) in [5.74, 6) is 1.03. The van der Waals surface area contributed by atoms with E-state index in [1.807, 2.05) is 6.92 Å². The molecule has 1 N–H and O–H groups in total. The lowest BCUT2D eigenvalue weighted by Crippen LogP contribution is -2.45. The molecule has 0 aliphatic carbocycles. The molecule has 5 heteroatoms. The van der Waals surface area contributed by atoms with Gasteiger partial charge in [0.25, 0.3) is 0 Å². The summed E-state index contributed by atoms with van der Waals surface area (Å²) in [6.07, 6.45) is 0. The van der Waals surface area contributed by atoms with Crippen molar-refractivity contribution in [2.75, 3.05) is 24.8 Å². The number of halogens is 2. The molecule has 70 valence electrons. The Balaban J connectivity index is 3.78. The predicted molar refractivity (Wildman–Crippen MR) is 51.2 cm³/mol. The first-order chi connectivity index (χ1) is 5.76. The second kappa shape index (κ2) is 7.63. The number of nitrogens with one attached hydrogen (secondary N) is 1. The fourth-order valence-corrected chi connectivity index (χ4v) is 1.02. The van der Waals surface area contributed by atoms with Crippen LogP contribution in [0.3, 0.4) is 0 Å². The highest BCUT2D eigenvalue weighted by molar-refractivity contribution is 6.18. The van der Waals surface area contributed by atoms with Crippen molar-refractivity contribution >= 4 is 23.2 Å². The van der Waals surface area contributed by atoms with Crippen molar-refractivity contribution in [3.8, 4) is 6.07 Å². The zero-order chi connectivity index (χ0) is 9.40. The summed E-state index contributed by atoms with van der Waals surface area (Å²) in [7, 11) is 0. The Morgan fingerprint density at radius 2 is 2.17 bits per heavy atom. The van der Waals surface area contributed by atoms with Crippen molar-refractivity contribution in [3.05, 3.63) is 0 Å². The lowest BCUT2D eigenvalue weighted by atomic mass is 10.3. The molecule has 12 heavy (non-hydrogen) atoms. The van der Waals surface area contributed by atoms with Crippen molar-refractivity contribution in [2.45, 2.75) is 13.0 Å². The molecular formula is C7H13Cl2N3. The molecule has 0 aliphatic rings. The van der Waals surface area contributed by atoms with Gasteiger partial charge in [0.15, 0.2) is 0 Å². The molecule has 0 aromatic carbocycles. The molecule has 0 aliphatic heterocycles. The number of hydrogen-bond acceptors (Lipinski definition) is 3. The average Bonchev–Trinajstić information content (AvgIpc) is 2.11. The molecule has 0 spiro atoms. The van der Waals surface area contributed by atoms with Crippen LogP contribution in [0, 0.1) is 11.3 Å². The van der Waals surface area contributed by atoms with E-state index < -0.39 is 0 Å². The number of hydrogen-bond donors (Lipinski definition) is 1. The number of rotatable bonds is 6. The van der Waals surface area contributed by atoms with Gasteiger partial charge in [-0.05, 0) is 6.92 Å². The maximum Gasteiger partial charge on any atom is 0.108 e. The van der Waals surface area contributed by atoms with Crippen LogP contribution < -0.4 is 5.43 Å². The van der Waals surface area contributed by atoms with Crippen LogP contribution in [0.1, 0.15) is 6.92 Å². The van der Waals surface area contributed by atoms with Gasteiger partial charge < -0.3 is 0 Å². The summed E-state index contributed by atoms with van der Waals surface area (Å²) in [6, 6.07) is 1.95. The summed E-state index contributed by atoms with van der Waals surface area (Å²) in [4.78, 5) is 0. The van der Waals surface area contributed by atoms with Crippen LogP contribution in [0.5, 0.6) is 0 Å². The molecule has 0 fully saturated rings. The van der Waals surface area contributed by atoms with Gasteiger partial charge in [0.2, 0.25) is 0 Å². The second-order valence-corrected chi connectivity index (χ2v) is 3.04. The number of hydrazine groups is 1. The molecule has 0 radical (unpaired) electrons. The predicted octanol–water partition coefficient (Wildman–Crippen LogP) is 1.18. The van der Waals surface area contributed by atoms with Crippen LogP contribution in [0.2, 0.25) is 0 Å². The van der Waals surface area contributed by atoms with Crippen LogP contribution >= 0.6 is 23.2 Å². The standard InChI is InChI=1S/C7H13Cl2N3/c1-7(6-10)12(5-3-9)11-4-2-8/h7,11H,2-5H2,1H3. The van der Waals surface area contributed by atoms with E-state index in [1.54, 1.807) is 5.01 Å². The molecule has 3 nitrogen and oxygen atoms in total. The smallest absolute Gasteiger partial charge is 0.108 e. The summed E-state index contributed by atoms with van der Waals surface area (Å²) < 4.78 is 0. The van der Waals surface area contributed by atoms with E-state index in [0.717, 1.165) is 0 Å². The Labute approximate surface area is 83.2 Å². The summed E-state index contributed by atoms with van der Waals surface area (Å²) >= 11 is 11.0. The molecule has 0 rings (SSSR count). The minimum Gasteiger partial charge on any atom is -0.253 e. The van der Waals surface area contributed by atoms with Gasteiger partial charge >= 0.3 is 0 Å². The highest BCUT2D eigenvalue weighted by atomic mass is 35.5. The van der Waals surface area contributed by atoms with Crippen molar-refractivity contribution in [1.29, 1.82) is 5.26 Å². The van der Waals surface area contributed by atoms with E-state index in [0.29, 0.717) is 24.8 Å². The number of nitrogens with zero attached hydrogens (tertiary/aromatic N) is 2. The fraction of sp³-hybridized carbons (Fsp3) is 0.857. The highest BCUT2D eigenvalue weighted by Crippen LogP contribution is 1.94. The minimum atomic E-state index is -0.174. The van der Waals surface area contributed by atoms with Crippen molar-refractivity contribution < 1.29 is 0 Å². The normalized spacial score (nSPS) is 12.9. The zero-order valence-corrected chi connectivity index (χ0v) is 8.57. The Morgan fingerprint density at radius 3 is 2.58 bits per heavy atom.